The summed E-state index contributed by atoms with van der Waals surface area (Å²) >= 11 is 0. The van der Waals surface area contributed by atoms with Gasteiger partial charge in [0.2, 0.25) is 5.91 Å². The molecule has 1 atom stereocenters. The third-order valence-corrected chi connectivity index (χ3v) is 5.04. The largest absolute Gasteiger partial charge is 0.348 e. The van der Waals surface area contributed by atoms with E-state index in [4.69, 9.17) is 0 Å². The molecule has 0 radical (unpaired) electrons. The molecule has 0 spiro atoms. The van der Waals surface area contributed by atoms with Crippen molar-refractivity contribution in [2.75, 3.05) is 0 Å². The average molecular weight is 326 g/mol. The summed E-state index contributed by atoms with van der Waals surface area (Å²) in [6, 6.07) is 8.25. The summed E-state index contributed by atoms with van der Waals surface area (Å²) in [4.78, 5) is 24.8. The minimum absolute atomic E-state index is 0.00248. The van der Waals surface area contributed by atoms with Crippen LogP contribution >= 0.6 is 0 Å². The van der Waals surface area contributed by atoms with Gasteiger partial charge in [-0.1, -0.05) is 30.7 Å². The summed E-state index contributed by atoms with van der Waals surface area (Å²) in [7, 11) is 0. The van der Waals surface area contributed by atoms with Crippen LogP contribution in [0.4, 0.5) is 0 Å². The zero-order valence-electron chi connectivity index (χ0n) is 13.7. The fourth-order valence-electron chi connectivity index (χ4n) is 3.81. The first kappa shape index (κ1) is 15.2. The van der Waals surface area contributed by atoms with Gasteiger partial charge in [-0.2, -0.15) is 5.10 Å². The highest BCUT2D eigenvalue weighted by Gasteiger charge is 2.24. The molecule has 6 heteroatoms. The van der Waals surface area contributed by atoms with E-state index in [-0.39, 0.29) is 24.2 Å². The van der Waals surface area contributed by atoms with Gasteiger partial charge in [-0.15, -0.1) is 0 Å². The van der Waals surface area contributed by atoms with E-state index >= 15 is 0 Å². The molecule has 1 amide bonds. The maximum absolute atomic E-state index is 12.4. The Kier molecular flexibility index (Phi) is 3.96. The van der Waals surface area contributed by atoms with E-state index < -0.39 is 0 Å². The molecule has 2 heterocycles. The van der Waals surface area contributed by atoms with Gasteiger partial charge < -0.3 is 5.32 Å². The number of aromatic nitrogens is 3. The molecule has 6 nitrogen and oxygen atoms in total. The molecule has 1 N–H and O–H groups in total. The van der Waals surface area contributed by atoms with E-state index in [1.54, 1.807) is 4.57 Å². The zero-order valence-corrected chi connectivity index (χ0v) is 13.7. The van der Waals surface area contributed by atoms with Crippen molar-refractivity contribution >= 4 is 5.91 Å². The van der Waals surface area contributed by atoms with E-state index in [1.807, 2.05) is 12.1 Å². The van der Waals surface area contributed by atoms with Crippen molar-refractivity contribution in [3.63, 3.8) is 0 Å². The lowest BCUT2D eigenvalue weighted by Crippen LogP contribution is -2.35. The Balaban J connectivity index is 1.47. The first-order valence-electron chi connectivity index (χ1n) is 8.76. The van der Waals surface area contributed by atoms with E-state index in [2.05, 4.69) is 22.5 Å². The van der Waals surface area contributed by atoms with Gasteiger partial charge >= 0.3 is 5.69 Å². The highest BCUT2D eigenvalue weighted by atomic mass is 16.2. The Hall–Kier alpha value is -2.37. The minimum Gasteiger partial charge on any atom is -0.348 e. The van der Waals surface area contributed by atoms with E-state index in [0.29, 0.717) is 6.54 Å². The van der Waals surface area contributed by atoms with Crippen molar-refractivity contribution in [2.24, 2.45) is 0 Å². The van der Waals surface area contributed by atoms with Crippen molar-refractivity contribution in [1.29, 1.82) is 0 Å². The second-order valence-electron chi connectivity index (χ2n) is 6.68. The van der Waals surface area contributed by atoms with Crippen molar-refractivity contribution in [3.05, 3.63) is 51.7 Å². The lowest BCUT2D eigenvalue weighted by molar-refractivity contribution is -0.122. The summed E-state index contributed by atoms with van der Waals surface area (Å²) in [5.41, 5.74) is 2.33. The van der Waals surface area contributed by atoms with Crippen molar-refractivity contribution in [1.82, 2.24) is 19.7 Å². The Morgan fingerprint density at radius 1 is 1.21 bits per heavy atom. The van der Waals surface area contributed by atoms with E-state index in [9.17, 15) is 9.59 Å². The molecule has 24 heavy (non-hydrogen) atoms. The van der Waals surface area contributed by atoms with Crippen molar-refractivity contribution < 1.29 is 4.79 Å². The minimum atomic E-state index is -0.158. The monoisotopic (exact) mass is 326 g/mol. The molecule has 1 aromatic carbocycles. The third kappa shape index (κ3) is 2.77. The molecule has 0 saturated carbocycles. The Morgan fingerprint density at radius 3 is 3.00 bits per heavy atom. The Labute approximate surface area is 140 Å². The third-order valence-electron chi connectivity index (χ3n) is 5.04. The number of fused-ring (bicyclic) bond motifs is 2. The van der Waals surface area contributed by atoms with Crippen LogP contribution in [0.1, 0.15) is 48.7 Å². The van der Waals surface area contributed by atoms with Crippen LogP contribution in [0.2, 0.25) is 0 Å². The molecule has 1 aliphatic heterocycles. The number of nitrogens with zero attached hydrogens (tertiary/aromatic N) is 3. The van der Waals surface area contributed by atoms with Crippen LogP contribution < -0.4 is 11.0 Å². The van der Waals surface area contributed by atoms with Gasteiger partial charge in [-0.25, -0.2) is 9.48 Å². The van der Waals surface area contributed by atoms with Crippen LogP contribution in [-0.2, 0) is 30.7 Å². The summed E-state index contributed by atoms with van der Waals surface area (Å²) < 4.78 is 3.04. The predicted molar refractivity (Wildman–Crippen MR) is 89.7 cm³/mol. The van der Waals surface area contributed by atoms with Gasteiger partial charge in [-0.05, 0) is 36.8 Å². The lowest BCUT2D eigenvalue weighted by Gasteiger charge is -2.13. The van der Waals surface area contributed by atoms with Crippen LogP contribution in [0, 0.1) is 0 Å². The van der Waals surface area contributed by atoms with Gasteiger partial charge in [-0.3, -0.25) is 9.36 Å². The molecule has 4 rings (SSSR count). The number of hydrogen-bond acceptors (Lipinski definition) is 3. The molecule has 2 aromatic rings. The molecule has 1 aromatic heterocycles. The number of carbonyl (C=O) groups is 1. The molecule has 1 aliphatic carbocycles. The topological polar surface area (TPSA) is 68.9 Å². The van der Waals surface area contributed by atoms with Crippen molar-refractivity contribution in [3.8, 4) is 0 Å². The molecule has 1 unspecified atom stereocenters. The quantitative estimate of drug-likeness (QED) is 0.931. The first-order chi connectivity index (χ1) is 11.7. The molecule has 0 bridgehead atoms. The highest BCUT2D eigenvalue weighted by molar-refractivity contribution is 5.76. The second-order valence-corrected chi connectivity index (χ2v) is 6.68. The normalized spacial score (nSPS) is 19.4. The number of nitrogens with one attached hydrogen (secondary N) is 1. The molecule has 2 aliphatic rings. The number of aryl methyl sites for hydroxylation is 2. The van der Waals surface area contributed by atoms with Crippen LogP contribution in [0.5, 0.6) is 0 Å². The van der Waals surface area contributed by atoms with Crippen LogP contribution in [-0.4, -0.2) is 20.3 Å². The number of carbonyl (C=O) groups excluding carboxylic acids is 1. The van der Waals surface area contributed by atoms with E-state index in [1.165, 1.54) is 15.8 Å². The second kappa shape index (κ2) is 6.26. The Morgan fingerprint density at radius 2 is 2.08 bits per heavy atom. The zero-order chi connectivity index (χ0) is 16.5. The van der Waals surface area contributed by atoms with Crippen molar-refractivity contribution in [2.45, 2.75) is 57.7 Å². The molecular weight excluding hydrogens is 304 g/mol. The van der Waals surface area contributed by atoms with Gasteiger partial charge in [0.15, 0.2) is 0 Å². The number of hydrogen-bond donors (Lipinski definition) is 1. The summed E-state index contributed by atoms with van der Waals surface area (Å²) in [5.74, 6) is 0.670. The van der Waals surface area contributed by atoms with E-state index in [0.717, 1.165) is 44.3 Å². The summed E-state index contributed by atoms with van der Waals surface area (Å²) in [5, 5.41) is 7.43. The van der Waals surface area contributed by atoms with Gasteiger partial charge in [0.25, 0.3) is 0 Å². The van der Waals surface area contributed by atoms with Gasteiger partial charge in [0.05, 0.1) is 6.04 Å². The predicted octanol–water partition coefficient (Wildman–Crippen LogP) is 1.57. The smallest absolute Gasteiger partial charge is 0.346 e. The van der Waals surface area contributed by atoms with Gasteiger partial charge in [0.1, 0.15) is 12.4 Å². The fourth-order valence-corrected chi connectivity index (χ4v) is 3.81. The average Bonchev–Trinajstić information content (AvgIpc) is 3.00. The summed E-state index contributed by atoms with van der Waals surface area (Å²) in [6.07, 6.45) is 5.91. The standard InChI is InChI=1S/C18H22N4O2/c23-17(19-15-10-9-13-6-3-4-7-14(13)15)12-22-18(24)21-11-5-1-2-8-16(21)20-22/h3-4,6-7,15H,1-2,5,8-12H2,(H,19,23). The maximum atomic E-state index is 12.4. The van der Waals surface area contributed by atoms with Crippen LogP contribution in [0.25, 0.3) is 0 Å². The SMILES string of the molecule is O=C(Cn1nc2n(c1=O)CCCCC2)NC1CCc2ccccc21. The Bertz CT molecular complexity index is 821. The summed E-state index contributed by atoms with van der Waals surface area (Å²) in [6.45, 7) is 0.712. The number of rotatable bonds is 3. The van der Waals surface area contributed by atoms with Crippen LogP contribution in [0.15, 0.2) is 29.1 Å². The lowest BCUT2D eigenvalue weighted by atomic mass is 10.1. The first-order valence-corrected chi connectivity index (χ1v) is 8.76. The molecule has 126 valence electrons. The molecule has 0 saturated heterocycles. The number of benzene rings is 1. The van der Waals surface area contributed by atoms with Gasteiger partial charge in [0, 0.05) is 13.0 Å². The maximum Gasteiger partial charge on any atom is 0.346 e. The molecular formula is C18H22N4O2. The highest BCUT2D eigenvalue weighted by Crippen LogP contribution is 2.30. The van der Waals surface area contributed by atoms with Crippen LogP contribution in [0.3, 0.4) is 0 Å². The molecule has 0 fully saturated rings. The fraction of sp³-hybridized carbons (Fsp3) is 0.500. The number of amides is 1.